The lowest BCUT2D eigenvalue weighted by atomic mass is 10.4. The molecule has 12 heavy (non-hydrogen) atoms. The van der Waals surface area contributed by atoms with Crippen molar-refractivity contribution < 1.29 is 9.66 Å². The monoisotopic (exact) mass is 184 g/mol. The van der Waals surface area contributed by atoms with Crippen molar-refractivity contribution >= 4 is 11.2 Å². The molecule has 1 aromatic carbocycles. The highest BCUT2D eigenvalue weighted by atomic mass is 32.2. The molecule has 1 aromatic rings. The van der Waals surface area contributed by atoms with E-state index in [1.165, 1.54) is 0 Å². The standard InChI is InChI=1S/C9H12O2S/c10-7-4-8-12(11)9-5-2-1-3-6-9/h1-3,5-6,10H,4,7-8H2. The Labute approximate surface area is 75.4 Å². The molecule has 0 bridgehead atoms. The molecule has 0 amide bonds. The molecule has 0 aliphatic carbocycles. The van der Waals surface area contributed by atoms with Gasteiger partial charge in [-0.25, -0.2) is 0 Å². The van der Waals surface area contributed by atoms with Gasteiger partial charge in [-0.2, -0.15) is 0 Å². The fourth-order valence-corrected chi connectivity index (χ4v) is 1.97. The lowest BCUT2D eigenvalue weighted by molar-refractivity contribution is 0.295. The summed E-state index contributed by atoms with van der Waals surface area (Å²) in [5, 5.41) is 8.53. The van der Waals surface area contributed by atoms with Crippen LogP contribution < -0.4 is 0 Å². The number of hydrogen-bond donors (Lipinski definition) is 1. The summed E-state index contributed by atoms with van der Waals surface area (Å²) in [7, 11) is 0. The predicted molar refractivity (Wildman–Crippen MR) is 49.4 cm³/mol. The Bertz CT molecular complexity index is 213. The van der Waals surface area contributed by atoms with E-state index in [-0.39, 0.29) is 6.61 Å². The highest BCUT2D eigenvalue weighted by Crippen LogP contribution is 2.10. The molecule has 1 unspecified atom stereocenters. The summed E-state index contributed by atoms with van der Waals surface area (Å²) in [6, 6.07) is 9.31. The van der Waals surface area contributed by atoms with Crippen molar-refractivity contribution in [3.8, 4) is 0 Å². The van der Waals surface area contributed by atoms with E-state index in [0.29, 0.717) is 12.2 Å². The molecule has 1 N–H and O–H groups in total. The maximum absolute atomic E-state index is 11.4. The molecule has 66 valence electrons. The average Bonchev–Trinajstić information content (AvgIpc) is 2.15. The molecule has 0 aromatic heterocycles. The van der Waals surface area contributed by atoms with E-state index in [2.05, 4.69) is 0 Å². The van der Waals surface area contributed by atoms with E-state index in [0.717, 1.165) is 4.90 Å². The third-order valence-electron chi connectivity index (χ3n) is 1.49. The quantitative estimate of drug-likeness (QED) is 0.714. The van der Waals surface area contributed by atoms with Crippen LogP contribution in [0.2, 0.25) is 0 Å². The second kappa shape index (κ2) is 5.19. The van der Waals surface area contributed by atoms with Crippen molar-refractivity contribution in [1.29, 1.82) is 0 Å². The SMILES string of the molecule is [O-][S+](CCCO)c1ccccc1. The summed E-state index contributed by atoms with van der Waals surface area (Å²) < 4.78 is 11.4. The van der Waals surface area contributed by atoms with Gasteiger partial charge < -0.3 is 9.66 Å². The van der Waals surface area contributed by atoms with E-state index in [9.17, 15) is 4.55 Å². The lowest BCUT2D eigenvalue weighted by Gasteiger charge is -2.08. The fourth-order valence-electron chi connectivity index (χ4n) is 0.886. The summed E-state index contributed by atoms with van der Waals surface area (Å²) in [6.45, 7) is 0.110. The molecule has 3 heteroatoms. The predicted octanol–water partition coefficient (Wildman–Crippen LogP) is 1.18. The van der Waals surface area contributed by atoms with Crippen molar-refractivity contribution in [1.82, 2.24) is 0 Å². The maximum Gasteiger partial charge on any atom is 0.152 e. The molecule has 0 heterocycles. The molecule has 0 aliphatic rings. The minimum Gasteiger partial charge on any atom is -0.611 e. The Balaban J connectivity index is 2.48. The third kappa shape index (κ3) is 2.85. The van der Waals surface area contributed by atoms with Crippen LogP contribution in [0.5, 0.6) is 0 Å². The van der Waals surface area contributed by atoms with Crippen molar-refractivity contribution in [2.75, 3.05) is 12.4 Å². The first-order valence-electron chi connectivity index (χ1n) is 3.89. The normalized spacial score (nSPS) is 12.8. The molecule has 0 aliphatic heterocycles. The maximum atomic E-state index is 11.4. The van der Waals surface area contributed by atoms with Gasteiger partial charge in [0, 0.05) is 13.0 Å². The van der Waals surface area contributed by atoms with Crippen molar-refractivity contribution in [3.63, 3.8) is 0 Å². The molecule has 0 fully saturated rings. The summed E-state index contributed by atoms with van der Waals surface area (Å²) in [6.07, 6.45) is 0.599. The van der Waals surface area contributed by atoms with Gasteiger partial charge in [0.15, 0.2) is 4.90 Å². The molecule has 2 nitrogen and oxygen atoms in total. The number of aliphatic hydroxyl groups excluding tert-OH is 1. The number of benzene rings is 1. The second-order valence-corrected chi connectivity index (χ2v) is 4.01. The van der Waals surface area contributed by atoms with Crippen LogP contribution in [0.3, 0.4) is 0 Å². The first-order valence-corrected chi connectivity index (χ1v) is 5.21. The highest BCUT2D eigenvalue weighted by Gasteiger charge is 2.07. The van der Waals surface area contributed by atoms with Gasteiger partial charge in [0.05, 0.1) is 0 Å². The second-order valence-electron chi connectivity index (χ2n) is 2.44. The zero-order valence-electron chi connectivity index (χ0n) is 6.77. The zero-order chi connectivity index (χ0) is 8.81. The number of hydrogen-bond acceptors (Lipinski definition) is 2. The summed E-state index contributed by atoms with van der Waals surface area (Å²) in [4.78, 5) is 0.839. The van der Waals surface area contributed by atoms with Gasteiger partial charge in [-0.05, 0) is 23.3 Å². The van der Waals surface area contributed by atoms with Crippen LogP contribution in [-0.2, 0) is 11.2 Å². The molecular formula is C9H12O2S. The minimum absolute atomic E-state index is 0.110. The van der Waals surface area contributed by atoms with E-state index >= 15 is 0 Å². The molecule has 1 atom stereocenters. The van der Waals surface area contributed by atoms with Gasteiger partial charge in [0.1, 0.15) is 5.75 Å². The van der Waals surface area contributed by atoms with Crippen molar-refractivity contribution in [2.24, 2.45) is 0 Å². The Hall–Kier alpha value is -0.510. The van der Waals surface area contributed by atoms with E-state index in [4.69, 9.17) is 5.11 Å². The molecule has 0 spiro atoms. The average molecular weight is 184 g/mol. The molecule has 0 saturated carbocycles. The Morgan fingerprint density at radius 3 is 2.50 bits per heavy atom. The fraction of sp³-hybridized carbons (Fsp3) is 0.333. The largest absolute Gasteiger partial charge is 0.611 e. The number of aliphatic hydroxyl groups is 1. The van der Waals surface area contributed by atoms with Gasteiger partial charge in [-0.3, -0.25) is 0 Å². The summed E-state index contributed by atoms with van der Waals surface area (Å²) in [5.41, 5.74) is 0. The molecular weight excluding hydrogens is 172 g/mol. The van der Waals surface area contributed by atoms with Crippen LogP contribution >= 0.6 is 0 Å². The Kier molecular flexibility index (Phi) is 4.14. The van der Waals surface area contributed by atoms with Gasteiger partial charge in [-0.15, -0.1) is 0 Å². The van der Waals surface area contributed by atoms with Gasteiger partial charge >= 0.3 is 0 Å². The lowest BCUT2D eigenvalue weighted by Crippen LogP contribution is -2.07. The van der Waals surface area contributed by atoms with Crippen molar-refractivity contribution in [2.45, 2.75) is 11.3 Å². The van der Waals surface area contributed by atoms with E-state index < -0.39 is 11.2 Å². The first kappa shape index (κ1) is 9.58. The molecule has 0 radical (unpaired) electrons. The topological polar surface area (TPSA) is 43.3 Å². The van der Waals surface area contributed by atoms with Crippen LogP contribution in [0.25, 0.3) is 0 Å². The van der Waals surface area contributed by atoms with E-state index in [1.54, 1.807) is 0 Å². The number of rotatable bonds is 4. The van der Waals surface area contributed by atoms with Gasteiger partial charge in [-0.1, -0.05) is 18.2 Å². The van der Waals surface area contributed by atoms with Crippen LogP contribution in [0.1, 0.15) is 6.42 Å². The summed E-state index contributed by atoms with van der Waals surface area (Å²) in [5.74, 6) is 0.542. The first-order chi connectivity index (χ1) is 5.84. The van der Waals surface area contributed by atoms with Crippen LogP contribution in [0, 0.1) is 0 Å². The van der Waals surface area contributed by atoms with Gasteiger partial charge in [0.2, 0.25) is 0 Å². The molecule has 1 rings (SSSR count). The van der Waals surface area contributed by atoms with Crippen LogP contribution in [0.4, 0.5) is 0 Å². The molecule has 0 saturated heterocycles. The zero-order valence-corrected chi connectivity index (χ0v) is 7.59. The van der Waals surface area contributed by atoms with E-state index in [1.807, 2.05) is 30.3 Å². The highest BCUT2D eigenvalue weighted by molar-refractivity contribution is 7.91. The van der Waals surface area contributed by atoms with Gasteiger partial charge in [0.25, 0.3) is 0 Å². The Morgan fingerprint density at radius 1 is 1.25 bits per heavy atom. The third-order valence-corrected chi connectivity index (χ3v) is 2.95. The Morgan fingerprint density at radius 2 is 1.92 bits per heavy atom. The smallest absolute Gasteiger partial charge is 0.152 e. The summed E-state index contributed by atoms with van der Waals surface area (Å²) >= 11 is -0.943. The van der Waals surface area contributed by atoms with Crippen molar-refractivity contribution in [3.05, 3.63) is 30.3 Å². The van der Waals surface area contributed by atoms with Crippen LogP contribution in [0.15, 0.2) is 35.2 Å². The van der Waals surface area contributed by atoms with Crippen LogP contribution in [-0.4, -0.2) is 22.0 Å². The minimum atomic E-state index is -0.943.